The number of ketones is 1. The van der Waals surface area contributed by atoms with Crippen molar-refractivity contribution in [3.05, 3.63) is 59.7 Å². The van der Waals surface area contributed by atoms with E-state index in [0.29, 0.717) is 16.9 Å². The minimum absolute atomic E-state index is 0.0300. The van der Waals surface area contributed by atoms with Gasteiger partial charge in [-0.15, -0.1) is 0 Å². The van der Waals surface area contributed by atoms with E-state index in [2.05, 4.69) is 15.9 Å². The summed E-state index contributed by atoms with van der Waals surface area (Å²) in [6, 6.07) is 12.5. The average Bonchev–Trinajstić information content (AvgIpc) is 3.47. The van der Waals surface area contributed by atoms with Gasteiger partial charge in [-0.1, -0.05) is 22.0 Å². The molecular formula is C25H21BrO8. The molecule has 0 N–H and O–H groups in total. The molecule has 2 aromatic carbocycles. The molecule has 34 heavy (non-hydrogen) atoms. The van der Waals surface area contributed by atoms with Gasteiger partial charge in [0.1, 0.15) is 17.6 Å². The first kappa shape index (κ1) is 22.6. The van der Waals surface area contributed by atoms with E-state index in [4.69, 9.17) is 18.9 Å². The third-order valence-electron chi connectivity index (χ3n) is 6.83. The number of methoxy groups -OCH3 is 1. The Morgan fingerprint density at radius 3 is 2.53 bits per heavy atom. The van der Waals surface area contributed by atoms with E-state index < -0.39 is 36.2 Å². The Morgan fingerprint density at radius 1 is 1.03 bits per heavy atom. The molecule has 3 fully saturated rings. The van der Waals surface area contributed by atoms with Gasteiger partial charge in [0.05, 0.1) is 29.3 Å². The number of Topliss-reactive ketones (excluding diaryl/α,β-unsaturated/α-hetero) is 1. The molecule has 0 unspecified atom stereocenters. The van der Waals surface area contributed by atoms with E-state index in [-0.39, 0.29) is 34.5 Å². The van der Waals surface area contributed by atoms with E-state index in [9.17, 15) is 19.2 Å². The fourth-order valence-electron chi connectivity index (χ4n) is 5.24. The van der Waals surface area contributed by atoms with Crippen molar-refractivity contribution in [1.29, 1.82) is 0 Å². The number of carbonyl (C=O) groups is 4. The van der Waals surface area contributed by atoms with Gasteiger partial charge in [-0.3, -0.25) is 14.4 Å². The van der Waals surface area contributed by atoms with Crippen molar-refractivity contribution in [3.8, 4) is 11.5 Å². The number of halogens is 1. The molecule has 2 aromatic rings. The predicted molar refractivity (Wildman–Crippen MR) is 121 cm³/mol. The minimum Gasteiger partial charge on any atom is -0.497 e. The number of fused-ring (bicyclic) bond motifs is 1. The molecule has 176 valence electrons. The van der Waals surface area contributed by atoms with Crippen LogP contribution in [0.2, 0.25) is 0 Å². The molecule has 2 aliphatic carbocycles. The second-order valence-corrected chi connectivity index (χ2v) is 9.69. The highest BCUT2D eigenvalue weighted by molar-refractivity contribution is 9.09. The maximum Gasteiger partial charge on any atom is 0.343 e. The lowest BCUT2D eigenvalue weighted by atomic mass is 9.80. The van der Waals surface area contributed by atoms with Crippen molar-refractivity contribution in [2.75, 3.05) is 13.7 Å². The largest absolute Gasteiger partial charge is 0.497 e. The molecule has 2 bridgehead atoms. The molecule has 9 heteroatoms. The third-order valence-corrected chi connectivity index (χ3v) is 8.03. The quantitative estimate of drug-likeness (QED) is 0.233. The van der Waals surface area contributed by atoms with E-state index in [1.165, 1.54) is 31.4 Å². The summed E-state index contributed by atoms with van der Waals surface area (Å²) in [4.78, 5) is 49.7. The Labute approximate surface area is 203 Å². The van der Waals surface area contributed by atoms with Gasteiger partial charge in [0, 0.05) is 11.5 Å². The number of alkyl halides is 1. The first-order valence-corrected chi connectivity index (χ1v) is 11.8. The monoisotopic (exact) mass is 528 g/mol. The van der Waals surface area contributed by atoms with Gasteiger partial charge in [-0.2, -0.15) is 0 Å². The summed E-state index contributed by atoms with van der Waals surface area (Å²) in [7, 11) is 1.51. The molecule has 3 aliphatic rings. The zero-order valence-electron chi connectivity index (χ0n) is 18.1. The van der Waals surface area contributed by atoms with Crippen LogP contribution in [0.5, 0.6) is 11.5 Å². The van der Waals surface area contributed by atoms with E-state index in [0.717, 1.165) is 6.42 Å². The summed E-state index contributed by atoms with van der Waals surface area (Å²) >= 11 is 3.55. The Morgan fingerprint density at radius 2 is 1.79 bits per heavy atom. The number of carbonyl (C=O) groups excluding carboxylic acids is 4. The first-order chi connectivity index (χ1) is 16.4. The molecular weight excluding hydrogens is 508 g/mol. The molecule has 0 spiro atoms. The lowest BCUT2D eigenvalue weighted by Gasteiger charge is -2.26. The Balaban J connectivity index is 1.17. The van der Waals surface area contributed by atoms with E-state index in [1.54, 1.807) is 24.3 Å². The highest BCUT2D eigenvalue weighted by Crippen LogP contribution is 2.60. The van der Waals surface area contributed by atoms with Crippen molar-refractivity contribution in [3.63, 3.8) is 0 Å². The second kappa shape index (κ2) is 8.87. The maximum absolute atomic E-state index is 12.7. The highest BCUT2D eigenvalue weighted by Gasteiger charge is 2.68. The number of rotatable bonds is 7. The summed E-state index contributed by atoms with van der Waals surface area (Å²) in [5, 5.41) is 0. The fraction of sp³-hybridized carbons (Fsp3) is 0.360. The van der Waals surface area contributed by atoms with E-state index >= 15 is 0 Å². The lowest BCUT2D eigenvalue weighted by molar-refractivity contribution is -0.154. The zero-order valence-corrected chi connectivity index (χ0v) is 19.7. The van der Waals surface area contributed by atoms with Crippen molar-refractivity contribution >= 4 is 39.6 Å². The zero-order chi connectivity index (χ0) is 24.0. The van der Waals surface area contributed by atoms with Crippen molar-refractivity contribution in [2.24, 2.45) is 23.7 Å². The number of esters is 3. The van der Waals surface area contributed by atoms with Crippen LogP contribution < -0.4 is 9.47 Å². The number of hydrogen-bond donors (Lipinski definition) is 0. The van der Waals surface area contributed by atoms with Gasteiger partial charge >= 0.3 is 17.9 Å². The van der Waals surface area contributed by atoms with Crippen LogP contribution in [-0.4, -0.2) is 48.3 Å². The van der Waals surface area contributed by atoms with Gasteiger partial charge in [0.25, 0.3) is 0 Å². The van der Waals surface area contributed by atoms with Crippen LogP contribution in [0.4, 0.5) is 0 Å². The molecule has 2 saturated carbocycles. The lowest BCUT2D eigenvalue weighted by Crippen LogP contribution is -2.39. The van der Waals surface area contributed by atoms with Crippen LogP contribution in [0.15, 0.2) is 48.5 Å². The second-order valence-electron chi connectivity index (χ2n) is 8.64. The van der Waals surface area contributed by atoms with Crippen LogP contribution in [0.1, 0.15) is 27.1 Å². The normalized spacial score (nSPS) is 28.4. The summed E-state index contributed by atoms with van der Waals surface area (Å²) in [6.07, 6.45) is 0.561. The number of ether oxygens (including phenoxy) is 4. The first-order valence-electron chi connectivity index (χ1n) is 10.9. The van der Waals surface area contributed by atoms with Crippen molar-refractivity contribution in [1.82, 2.24) is 0 Å². The average molecular weight is 529 g/mol. The number of benzene rings is 2. The van der Waals surface area contributed by atoms with Gasteiger partial charge < -0.3 is 18.9 Å². The van der Waals surface area contributed by atoms with Gasteiger partial charge in [0.2, 0.25) is 0 Å². The van der Waals surface area contributed by atoms with Gasteiger partial charge in [0.15, 0.2) is 12.4 Å². The minimum atomic E-state index is -0.591. The highest BCUT2D eigenvalue weighted by atomic mass is 79.9. The Hall–Kier alpha value is -3.20. The van der Waals surface area contributed by atoms with Crippen LogP contribution >= 0.6 is 15.9 Å². The SMILES string of the molecule is COc1cccc(C(=O)Oc2ccc(C(=O)COC(=O)[C@@H]3[C@H]4C[C@H]5[C@H](OC(=O)[C@H]53)[C@H]4Br)cc2)c1. The summed E-state index contributed by atoms with van der Waals surface area (Å²) in [5.74, 6) is -2.14. The van der Waals surface area contributed by atoms with Gasteiger partial charge in [-0.05, 0) is 54.8 Å². The standard InChI is InChI=1S/C25H21BrO8/c1-31-15-4-2-3-13(9-15)23(28)33-14-7-5-12(6-8-14)18(27)11-32-24(29)19-16-10-17-20(19)25(30)34-22(17)21(16)26/h2-9,16-17,19-22H,10-11H2,1H3/t16-,17-,19-,20-,21+,22+/m1/s1. The molecule has 5 rings (SSSR count). The molecule has 1 aliphatic heterocycles. The van der Waals surface area contributed by atoms with Crippen LogP contribution in [0, 0.1) is 23.7 Å². The topological polar surface area (TPSA) is 105 Å². The summed E-state index contributed by atoms with van der Waals surface area (Å²) in [5.41, 5.74) is 0.635. The van der Waals surface area contributed by atoms with Crippen LogP contribution in [0.25, 0.3) is 0 Å². The molecule has 8 nitrogen and oxygen atoms in total. The summed E-state index contributed by atoms with van der Waals surface area (Å²) < 4.78 is 21.1. The molecule has 1 saturated heterocycles. The smallest absolute Gasteiger partial charge is 0.343 e. The van der Waals surface area contributed by atoms with Crippen LogP contribution in [-0.2, 0) is 19.1 Å². The third kappa shape index (κ3) is 3.87. The van der Waals surface area contributed by atoms with Crippen LogP contribution in [0.3, 0.4) is 0 Å². The van der Waals surface area contributed by atoms with Gasteiger partial charge in [-0.25, -0.2) is 4.79 Å². The predicted octanol–water partition coefficient (Wildman–Crippen LogP) is 3.21. The van der Waals surface area contributed by atoms with Crippen molar-refractivity contribution < 1.29 is 38.1 Å². The Bertz CT molecular complexity index is 1160. The molecule has 1 heterocycles. The fourth-order valence-corrected chi connectivity index (χ4v) is 6.28. The summed E-state index contributed by atoms with van der Waals surface area (Å²) in [6.45, 7) is -0.437. The maximum atomic E-state index is 12.7. The number of hydrogen-bond acceptors (Lipinski definition) is 8. The molecule has 6 atom stereocenters. The van der Waals surface area contributed by atoms with E-state index in [1.807, 2.05) is 0 Å². The molecule has 0 amide bonds. The molecule has 0 radical (unpaired) electrons. The van der Waals surface area contributed by atoms with Crippen molar-refractivity contribution in [2.45, 2.75) is 17.4 Å². The molecule has 0 aromatic heterocycles. The Kier molecular flexibility index (Phi) is 5.89.